The second-order valence-corrected chi connectivity index (χ2v) is 7.54. The maximum absolute atomic E-state index is 11.9. The van der Waals surface area contributed by atoms with Gasteiger partial charge in [0.1, 0.15) is 5.54 Å². The molecule has 1 aliphatic carbocycles. The maximum Gasteiger partial charge on any atom is 0.238 e. The number of nitrogens with zero attached hydrogens (tertiary/aromatic N) is 1. The van der Waals surface area contributed by atoms with E-state index in [4.69, 9.17) is 5.73 Å². The van der Waals surface area contributed by atoms with Crippen molar-refractivity contribution in [1.82, 2.24) is 10.2 Å². The summed E-state index contributed by atoms with van der Waals surface area (Å²) in [6.45, 7) is 11.7. The zero-order valence-corrected chi connectivity index (χ0v) is 14.0. The molecule has 0 aromatic rings. The van der Waals surface area contributed by atoms with Crippen molar-refractivity contribution in [2.45, 2.75) is 58.9 Å². The van der Waals surface area contributed by atoms with E-state index in [1.165, 1.54) is 0 Å². The molecule has 3 N–H and O–H groups in total. The van der Waals surface area contributed by atoms with E-state index in [1.807, 2.05) is 6.92 Å². The summed E-state index contributed by atoms with van der Waals surface area (Å²) in [4.78, 5) is 14.3. The molecule has 1 aliphatic rings. The summed E-state index contributed by atoms with van der Waals surface area (Å²) in [6, 6.07) is 0. The van der Waals surface area contributed by atoms with Crippen LogP contribution in [0.1, 0.15) is 53.4 Å². The molecule has 0 aromatic heterocycles. The molecule has 4 nitrogen and oxygen atoms in total. The number of rotatable bonds is 7. The van der Waals surface area contributed by atoms with Gasteiger partial charge in [-0.2, -0.15) is 0 Å². The third-order valence-electron chi connectivity index (χ3n) is 4.36. The van der Waals surface area contributed by atoms with Gasteiger partial charge in [-0.3, -0.25) is 4.79 Å². The highest BCUT2D eigenvalue weighted by Crippen LogP contribution is 2.38. The molecule has 0 heterocycles. The molecular weight excluding hydrogens is 250 g/mol. The van der Waals surface area contributed by atoms with Crippen molar-refractivity contribution in [3.05, 3.63) is 0 Å². The van der Waals surface area contributed by atoms with Crippen LogP contribution in [0.3, 0.4) is 0 Å². The van der Waals surface area contributed by atoms with Gasteiger partial charge in [-0.05, 0) is 50.7 Å². The van der Waals surface area contributed by atoms with E-state index < -0.39 is 5.54 Å². The number of hydrogen-bond donors (Lipinski definition) is 2. The predicted molar refractivity (Wildman–Crippen MR) is 84.5 cm³/mol. The number of carbonyl (C=O) groups excluding carboxylic acids is 1. The van der Waals surface area contributed by atoms with Crippen molar-refractivity contribution in [3.8, 4) is 0 Å². The Morgan fingerprint density at radius 3 is 2.60 bits per heavy atom. The van der Waals surface area contributed by atoms with Crippen LogP contribution in [0.15, 0.2) is 0 Å². The van der Waals surface area contributed by atoms with Crippen LogP contribution >= 0.6 is 0 Å². The van der Waals surface area contributed by atoms with E-state index in [-0.39, 0.29) is 5.91 Å². The van der Waals surface area contributed by atoms with Crippen LogP contribution in [0, 0.1) is 11.3 Å². The molecule has 0 spiro atoms. The Morgan fingerprint density at radius 1 is 1.45 bits per heavy atom. The van der Waals surface area contributed by atoms with Gasteiger partial charge in [0.2, 0.25) is 5.91 Å². The van der Waals surface area contributed by atoms with Gasteiger partial charge in [-0.25, -0.2) is 0 Å². The number of nitrogens with one attached hydrogen (secondary N) is 1. The van der Waals surface area contributed by atoms with Gasteiger partial charge in [0, 0.05) is 6.54 Å². The van der Waals surface area contributed by atoms with Gasteiger partial charge < -0.3 is 16.0 Å². The summed E-state index contributed by atoms with van der Waals surface area (Å²) in [5.74, 6) is 0.211. The van der Waals surface area contributed by atoms with Crippen molar-refractivity contribution in [3.63, 3.8) is 0 Å². The van der Waals surface area contributed by atoms with Gasteiger partial charge in [0.05, 0.1) is 0 Å². The molecule has 1 fully saturated rings. The number of likely N-dealkylation sites (N-methyl/N-ethyl adjacent to an activating group) is 1. The standard InChI is InChI=1S/C16H33N3O/c1-6-18-16(14(17)20)10-7-8-13(16)9-11-19(5)12-15(2,3)4/h13,18H,6-12H2,1-5H3,(H2,17,20). The minimum atomic E-state index is -0.461. The zero-order chi connectivity index (χ0) is 15.4. The smallest absolute Gasteiger partial charge is 0.238 e. The topological polar surface area (TPSA) is 58.4 Å². The molecule has 0 aliphatic heterocycles. The Balaban J connectivity index is 2.59. The molecule has 4 heteroatoms. The van der Waals surface area contributed by atoms with E-state index >= 15 is 0 Å². The summed E-state index contributed by atoms with van der Waals surface area (Å²) in [5, 5.41) is 3.39. The van der Waals surface area contributed by atoms with Gasteiger partial charge in [-0.15, -0.1) is 0 Å². The molecule has 0 bridgehead atoms. The van der Waals surface area contributed by atoms with Crippen molar-refractivity contribution >= 4 is 5.91 Å². The van der Waals surface area contributed by atoms with E-state index in [0.717, 1.165) is 45.3 Å². The highest BCUT2D eigenvalue weighted by molar-refractivity contribution is 5.85. The zero-order valence-electron chi connectivity index (χ0n) is 14.0. The Kier molecular flexibility index (Phi) is 6.02. The highest BCUT2D eigenvalue weighted by atomic mass is 16.1. The fourth-order valence-corrected chi connectivity index (χ4v) is 3.69. The summed E-state index contributed by atoms with van der Waals surface area (Å²) in [6.07, 6.45) is 4.15. The summed E-state index contributed by atoms with van der Waals surface area (Å²) >= 11 is 0. The van der Waals surface area contributed by atoms with Crippen LogP contribution in [0.25, 0.3) is 0 Å². The molecule has 1 amide bonds. The maximum atomic E-state index is 11.9. The summed E-state index contributed by atoms with van der Waals surface area (Å²) < 4.78 is 0. The van der Waals surface area contributed by atoms with Gasteiger partial charge in [0.15, 0.2) is 0 Å². The lowest BCUT2D eigenvalue weighted by atomic mass is 9.83. The average Bonchev–Trinajstić information content (AvgIpc) is 2.69. The van der Waals surface area contributed by atoms with Crippen LogP contribution in [0.5, 0.6) is 0 Å². The van der Waals surface area contributed by atoms with E-state index in [9.17, 15) is 4.79 Å². The Labute approximate surface area is 124 Å². The van der Waals surface area contributed by atoms with E-state index in [1.54, 1.807) is 0 Å². The summed E-state index contributed by atoms with van der Waals surface area (Å²) in [7, 11) is 2.17. The van der Waals surface area contributed by atoms with Crippen LogP contribution in [-0.2, 0) is 4.79 Å². The van der Waals surface area contributed by atoms with E-state index in [0.29, 0.717) is 11.3 Å². The van der Waals surface area contributed by atoms with Crippen LogP contribution < -0.4 is 11.1 Å². The van der Waals surface area contributed by atoms with Crippen molar-refractivity contribution in [2.75, 3.05) is 26.7 Å². The Morgan fingerprint density at radius 2 is 2.10 bits per heavy atom. The predicted octanol–water partition coefficient (Wildman–Crippen LogP) is 1.99. The fourth-order valence-electron chi connectivity index (χ4n) is 3.69. The molecular formula is C16H33N3O. The van der Waals surface area contributed by atoms with Gasteiger partial charge >= 0.3 is 0 Å². The normalized spacial score (nSPS) is 27.2. The number of amides is 1. The van der Waals surface area contributed by atoms with E-state index in [2.05, 4.69) is 38.0 Å². The monoisotopic (exact) mass is 283 g/mol. The third-order valence-corrected chi connectivity index (χ3v) is 4.36. The van der Waals surface area contributed by atoms with Crippen LogP contribution in [0.2, 0.25) is 0 Å². The first-order valence-electron chi connectivity index (χ1n) is 7.95. The molecule has 2 atom stereocenters. The third kappa shape index (κ3) is 4.45. The lowest BCUT2D eigenvalue weighted by molar-refractivity contribution is -0.126. The number of hydrogen-bond acceptors (Lipinski definition) is 3. The SMILES string of the molecule is CCNC1(C(N)=O)CCCC1CCN(C)CC(C)(C)C. The Hall–Kier alpha value is -0.610. The van der Waals surface area contributed by atoms with Crippen LogP contribution in [0.4, 0.5) is 0 Å². The highest BCUT2D eigenvalue weighted by Gasteiger charge is 2.46. The molecule has 2 unspecified atom stereocenters. The number of nitrogens with two attached hydrogens (primary N) is 1. The molecule has 0 saturated heterocycles. The summed E-state index contributed by atoms with van der Waals surface area (Å²) in [5.41, 5.74) is 5.55. The molecule has 118 valence electrons. The molecule has 20 heavy (non-hydrogen) atoms. The van der Waals surface area contributed by atoms with Crippen molar-refractivity contribution in [2.24, 2.45) is 17.1 Å². The minimum Gasteiger partial charge on any atom is -0.368 e. The molecule has 1 rings (SSSR count). The molecule has 1 saturated carbocycles. The minimum absolute atomic E-state index is 0.166. The quantitative estimate of drug-likeness (QED) is 0.751. The lowest BCUT2D eigenvalue weighted by Gasteiger charge is -2.35. The lowest BCUT2D eigenvalue weighted by Crippen LogP contribution is -2.58. The largest absolute Gasteiger partial charge is 0.368 e. The van der Waals surface area contributed by atoms with Crippen molar-refractivity contribution in [1.29, 1.82) is 0 Å². The second kappa shape index (κ2) is 6.90. The average molecular weight is 283 g/mol. The Bertz CT molecular complexity index is 324. The van der Waals surface area contributed by atoms with Crippen molar-refractivity contribution < 1.29 is 4.79 Å². The molecule has 0 aromatic carbocycles. The van der Waals surface area contributed by atoms with Gasteiger partial charge in [-0.1, -0.05) is 34.1 Å². The fraction of sp³-hybridized carbons (Fsp3) is 0.938. The first-order valence-corrected chi connectivity index (χ1v) is 7.95. The van der Waals surface area contributed by atoms with Gasteiger partial charge in [0.25, 0.3) is 0 Å². The molecule has 0 radical (unpaired) electrons. The second-order valence-electron chi connectivity index (χ2n) is 7.54. The first kappa shape index (κ1) is 17.4. The first-order chi connectivity index (χ1) is 9.21. The number of primary amides is 1. The number of carbonyl (C=O) groups is 1. The van der Waals surface area contributed by atoms with Crippen LogP contribution in [-0.4, -0.2) is 43.0 Å².